The van der Waals surface area contributed by atoms with E-state index >= 15 is 0 Å². The van der Waals surface area contributed by atoms with Gasteiger partial charge in [0.15, 0.2) is 11.6 Å². The number of anilines is 1. The maximum absolute atomic E-state index is 12.9. The molecule has 1 rings (SSSR count). The van der Waals surface area contributed by atoms with Gasteiger partial charge in [-0.05, 0) is 0 Å². The Morgan fingerprint density at radius 1 is 1.36 bits per heavy atom. The van der Waals surface area contributed by atoms with E-state index in [4.69, 9.17) is 5.73 Å². The van der Waals surface area contributed by atoms with Crippen molar-refractivity contribution in [3.05, 3.63) is 23.8 Å². The number of nitrogen functional groups attached to an aromatic ring is 1. The summed E-state index contributed by atoms with van der Waals surface area (Å²) in [6, 6.07) is 1.38. The van der Waals surface area contributed by atoms with Crippen LogP contribution in [0.2, 0.25) is 0 Å². The number of benzene rings is 1. The summed E-state index contributed by atoms with van der Waals surface area (Å²) in [5.41, 5.74) is 4.70. The Labute approximate surface area is 78.2 Å². The quantitative estimate of drug-likeness (QED) is 0.428. The van der Waals surface area contributed by atoms with Crippen LogP contribution in [-0.2, 0) is 4.74 Å². The van der Waals surface area contributed by atoms with Crippen LogP contribution in [-0.4, -0.2) is 13.3 Å². The molecule has 0 fully saturated rings. The van der Waals surface area contributed by atoms with Crippen LogP contribution < -0.4 is 10.5 Å². The molecule has 2 N–H and O–H groups in total. The molecule has 0 aliphatic rings. The van der Waals surface area contributed by atoms with Crippen LogP contribution in [0.25, 0.3) is 0 Å². The van der Waals surface area contributed by atoms with E-state index < -0.39 is 23.5 Å². The molecule has 0 unspecified atom stereocenters. The van der Waals surface area contributed by atoms with E-state index in [-0.39, 0.29) is 5.69 Å². The second-order valence-corrected chi connectivity index (χ2v) is 2.36. The molecule has 0 heterocycles. The molecule has 0 saturated heterocycles. The predicted octanol–water partition coefficient (Wildman–Crippen LogP) is 1.69. The summed E-state index contributed by atoms with van der Waals surface area (Å²) in [7, 11) is 1.05. The van der Waals surface area contributed by atoms with Crippen LogP contribution in [0.3, 0.4) is 0 Å². The molecule has 1 aromatic rings. The minimum Gasteiger partial charge on any atom is -0.437 e. The van der Waals surface area contributed by atoms with Gasteiger partial charge in [0, 0.05) is 12.1 Å². The zero-order valence-corrected chi connectivity index (χ0v) is 7.21. The third-order valence-corrected chi connectivity index (χ3v) is 1.41. The molecule has 0 aliphatic heterocycles. The molecule has 4 nitrogen and oxygen atoms in total. The molecule has 0 bridgehead atoms. The first-order valence-electron chi connectivity index (χ1n) is 3.55. The van der Waals surface area contributed by atoms with E-state index in [0.717, 1.165) is 7.11 Å². The largest absolute Gasteiger partial charge is 0.513 e. The maximum Gasteiger partial charge on any atom is 0.513 e. The van der Waals surface area contributed by atoms with Crippen molar-refractivity contribution in [1.29, 1.82) is 0 Å². The average Bonchev–Trinajstić information content (AvgIpc) is 2.14. The number of hydrogen-bond donors (Lipinski definition) is 1. The van der Waals surface area contributed by atoms with E-state index in [0.29, 0.717) is 12.1 Å². The zero-order valence-electron chi connectivity index (χ0n) is 7.21. The molecule has 76 valence electrons. The van der Waals surface area contributed by atoms with Gasteiger partial charge in [-0.25, -0.2) is 13.6 Å². The van der Waals surface area contributed by atoms with Crippen LogP contribution in [0.1, 0.15) is 0 Å². The van der Waals surface area contributed by atoms with Gasteiger partial charge in [0.25, 0.3) is 0 Å². The van der Waals surface area contributed by atoms with Gasteiger partial charge in [0.1, 0.15) is 5.82 Å². The number of hydrogen-bond acceptors (Lipinski definition) is 4. The highest BCUT2D eigenvalue weighted by Gasteiger charge is 2.12. The number of nitrogens with two attached hydrogens (primary N) is 1. The van der Waals surface area contributed by atoms with E-state index in [1.54, 1.807) is 0 Å². The van der Waals surface area contributed by atoms with Gasteiger partial charge < -0.3 is 15.2 Å². The van der Waals surface area contributed by atoms with Crippen LogP contribution in [0.5, 0.6) is 5.75 Å². The number of carbonyl (C=O) groups is 1. The number of ether oxygens (including phenoxy) is 2. The molecule has 0 amide bonds. The fourth-order valence-electron chi connectivity index (χ4n) is 0.754. The number of carbonyl (C=O) groups excluding carboxylic acids is 1. The van der Waals surface area contributed by atoms with Crippen LogP contribution in [0.15, 0.2) is 12.1 Å². The third kappa shape index (κ3) is 2.09. The number of rotatable bonds is 1. The molecule has 0 spiro atoms. The van der Waals surface area contributed by atoms with Gasteiger partial charge >= 0.3 is 6.16 Å². The van der Waals surface area contributed by atoms with Gasteiger partial charge in [-0.1, -0.05) is 0 Å². The van der Waals surface area contributed by atoms with Gasteiger partial charge in [-0.15, -0.1) is 0 Å². The maximum atomic E-state index is 12.9. The van der Waals surface area contributed by atoms with Crippen molar-refractivity contribution in [1.82, 2.24) is 0 Å². The topological polar surface area (TPSA) is 61.5 Å². The highest BCUT2D eigenvalue weighted by atomic mass is 19.1. The highest BCUT2D eigenvalue weighted by molar-refractivity contribution is 5.64. The Bertz CT molecular complexity index is 368. The van der Waals surface area contributed by atoms with E-state index in [9.17, 15) is 13.6 Å². The Hall–Kier alpha value is -1.85. The Balaban J connectivity index is 2.98. The summed E-state index contributed by atoms with van der Waals surface area (Å²) in [6.07, 6.45) is -1.13. The smallest absolute Gasteiger partial charge is 0.437 e. The Morgan fingerprint density at radius 3 is 2.57 bits per heavy atom. The lowest BCUT2D eigenvalue weighted by molar-refractivity contribution is 0.119. The monoisotopic (exact) mass is 203 g/mol. The molecular formula is C8H7F2NO3. The van der Waals surface area contributed by atoms with Crippen molar-refractivity contribution in [2.24, 2.45) is 0 Å². The Kier molecular flexibility index (Phi) is 2.85. The molecule has 0 saturated carbocycles. The van der Waals surface area contributed by atoms with Gasteiger partial charge in [-0.3, -0.25) is 0 Å². The zero-order chi connectivity index (χ0) is 10.7. The van der Waals surface area contributed by atoms with Gasteiger partial charge in [-0.2, -0.15) is 0 Å². The lowest BCUT2D eigenvalue weighted by Gasteiger charge is -2.04. The minimum atomic E-state index is -1.13. The van der Waals surface area contributed by atoms with Gasteiger partial charge in [0.05, 0.1) is 12.8 Å². The fraction of sp³-hybridized carbons (Fsp3) is 0.125. The SMILES string of the molecule is COC(=O)Oc1cc(F)c(N)cc1F. The molecule has 6 heteroatoms. The molecule has 0 atom stereocenters. The molecular weight excluding hydrogens is 196 g/mol. The van der Waals surface area contributed by atoms with Crippen molar-refractivity contribution in [3.8, 4) is 5.75 Å². The fourth-order valence-corrected chi connectivity index (χ4v) is 0.754. The van der Waals surface area contributed by atoms with E-state index in [2.05, 4.69) is 9.47 Å². The second-order valence-electron chi connectivity index (χ2n) is 2.36. The summed E-state index contributed by atoms with van der Waals surface area (Å²) in [4.78, 5) is 10.6. The summed E-state index contributed by atoms with van der Waals surface area (Å²) >= 11 is 0. The summed E-state index contributed by atoms with van der Waals surface area (Å²) in [6.45, 7) is 0. The number of halogens is 2. The molecule has 0 aromatic heterocycles. The van der Waals surface area contributed by atoms with Crippen molar-refractivity contribution < 1.29 is 23.0 Å². The average molecular weight is 203 g/mol. The normalized spacial score (nSPS) is 9.64. The standard InChI is InChI=1S/C8H7F2NO3/c1-13-8(12)14-7-3-4(9)6(11)2-5(7)10/h2-3H,11H2,1H3. The number of methoxy groups -OCH3 is 1. The van der Waals surface area contributed by atoms with E-state index in [1.165, 1.54) is 0 Å². The van der Waals surface area contributed by atoms with Crippen molar-refractivity contribution >= 4 is 11.8 Å². The first-order valence-corrected chi connectivity index (χ1v) is 3.55. The second kappa shape index (κ2) is 3.91. The lowest BCUT2D eigenvalue weighted by Crippen LogP contribution is -2.09. The molecule has 0 aliphatic carbocycles. The predicted molar refractivity (Wildman–Crippen MR) is 43.8 cm³/mol. The molecule has 1 aromatic carbocycles. The van der Waals surface area contributed by atoms with Crippen LogP contribution in [0, 0.1) is 11.6 Å². The van der Waals surface area contributed by atoms with Crippen molar-refractivity contribution in [3.63, 3.8) is 0 Å². The molecule has 0 radical (unpaired) electrons. The van der Waals surface area contributed by atoms with Crippen molar-refractivity contribution in [2.45, 2.75) is 0 Å². The van der Waals surface area contributed by atoms with Crippen LogP contribution >= 0.6 is 0 Å². The summed E-state index contributed by atoms with van der Waals surface area (Å²) < 4.78 is 34.1. The highest BCUT2D eigenvalue weighted by Crippen LogP contribution is 2.23. The van der Waals surface area contributed by atoms with Crippen molar-refractivity contribution in [2.75, 3.05) is 12.8 Å². The lowest BCUT2D eigenvalue weighted by atomic mass is 10.3. The first-order chi connectivity index (χ1) is 6.54. The van der Waals surface area contributed by atoms with Gasteiger partial charge in [0.2, 0.25) is 0 Å². The van der Waals surface area contributed by atoms with E-state index in [1.807, 2.05) is 0 Å². The summed E-state index contributed by atoms with van der Waals surface area (Å²) in [5, 5.41) is 0. The molecule has 14 heavy (non-hydrogen) atoms. The summed E-state index contributed by atoms with van der Waals surface area (Å²) in [5.74, 6) is -2.37. The minimum absolute atomic E-state index is 0.361. The third-order valence-electron chi connectivity index (χ3n) is 1.41. The first kappa shape index (κ1) is 10.2. The Morgan fingerprint density at radius 2 is 2.00 bits per heavy atom. The van der Waals surface area contributed by atoms with Crippen LogP contribution in [0.4, 0.5) is 19.3 Å².